The maximum absolute atomic E-state index is 10.7. The molecule has 0 spiro atoms. The Morgan fingerprint density at radius 3 is 2.79 bits per heavy atom. The van der Waals surface area contributed by atoms with Crippen LogP contribution in [-0.4, -0.2) is 15.8 Å². The van der Waals surface area contributed by atoms with E-state index in [-0.39, 0.29) is 11.3 Å². The standard InChI is InChI=1S/C16H20NO4PS2/c1-11(2)12-8-9-16(3)15(10-12)24-22(23,21-16)20-14-6-4-13(5-7-14)17(18)19/h4-7,12,15H,1,8-10H2,2-3H3/t12?,15-,16-,22+/m1/s1. The molecule has 3 rings (SSSR count). The fourth-order valence-electron chi connectivity index (χ4n) is 3.18. The van der Waals surface area contributed by atoms with E-state index < -0.39 is 10.6 Å². The van der Waals surface area contributed by atoms with Gasteiger partial charge in [0.05, 0.1) is 10.5 Å². The lowest BCUT2D eigenvalue weighted by atomic mass is 9.77. The molecule has 0 aromatic heterocycles. The fraction of sp³-hybridized carbons (Fsp3) is 0.500. The first kappa shape index (κ1) is 17.9. The van der Waals surface area contributed by atoms with E-state index in [1.54, 1.807) is 23.5 Å². The summed E-state index contributed by atoms with van der Waals surface area (Å²) >= 11 is 7.33. The summed E-state index contributed by atoms with van der Waals surface area (Å²) in [5.41, 5.74) is -1.52. The molecule has 1 saturated heterocycles. The summed E-state index contributed by atoms with van der Waals surface area (Å²) in [6, 6.07) is 6.00. The molecule has 1 aromatic carbocycles. The molecule has 1 saturated carbocycles. The smallest absolute Gasteiger partial charge is 0.298 e. The highest BCUT2D eigenvalue weighted by molar-refractivity contribution is 8.68. The van der Waals surface area contributed by atoms with E-state index in [2.05, 4.69) is 20.4 Å². The zero-order chi connectivity index (χ0) is 17.5. The second-order valence-corrected chi connectivity index (χ2v) is 12.9. The lowest BCUT2D eigenvalue weighted by Gasteiger charge is -2.37. The number of hydrogen-bond acceptors (Lipinski definition) is 6. The number of nitro groups is 1. The first-order valence-electron chi connectivity index (χ1n) is 7.79. The van der Waals surface area contributed by atoms with Crippen LogP contribution in [0.25, 0.3) is 0 Å². The van der Waals surface area contributed by atoms with Crippen molar-refractivity contribution in [2.24, 2.45) is 5.92 Å². The van der Waals surface area contributed by atoms with Gasteiger partial charge in [-0.2, -0.15) is 0 Å². The van der Waals surface area contributed by atoms with E-state index in [1.807, 2.05) is 0 Å². The van der Waals surface area contributed by atoms with E-state index >= 15 is 0 Å². The maximum atomic E-state index is 10.7. The molecule has 1 heterocycles. The average molecular weight is 385 g/mol. The van der Waals surface area contributed by atoms with Crippen LogP contribution in [0.4, 0.5) is 5.69 Å². The van der Waals surface area contributed by atoms with Gasteiger partial charge in [-0.25, -0.2) is 0 Å². The Morgan fingerprint density at radius 1 is 1.54 bits per heavy atom. The van der Waals surface area contributed by atoms with E-state index in [9.17, 15) is 10.1 Å². The second kappa shape index (κ2) is 6.45. The van der Waals surface area contributed by atoms with Crippen molar-refractivity contribution in [1.29, 1.82) is 0 Å². The Morgan fingerprint density at radius 2 is 2.21 bits per heavy atom. The van der Waals surface area contributed by atoms with Crippen LogP contribution in [0.1, 0.15) is 33.1 Å². The van der Waals surface area contributed by atoms with Gasteiger partial charge in [0.2, 0.25) is 0 Å². The van der Waals surface area contributed by atoms with Crippen LogP contribution in [0.3, 0.4) is 0 Å². The van der Waals surface area contributed by atoms with Crippen LogP contribution in [0.15, 0.2) is 36.4 Å². The SMILES string of the molecule is C=C(C)C1CC[C@@]2(C)O[P@](=S)(Oc3ccc([N+](=O)[O-])cc3)S[C@@H]2C1. The fourth-order valence-corrected chi connectivity index (χ4v) is 10.1. The third-order valence-electron chi connectivity index (χ3n) is 4.71. The minimum absolute atomic E-state index is 0.0315. The van der Waals surface area contributed by atoms with Gasteiger partial charge >= 0.3 is 0 Å². The molecule has 0 amide bonds. The highest BCUT2D eigenvalue weighted by Gasteiger charge is 2.53. The van der Waals surface area contributed by atoms with Crippen molar-refractivity contribution in [2.45, 2.75) is 44.0 Å². The number of allylic oxidation sites excluding steroid dienone is 1. The minimum Gasteiger partial charge on any atom is -0.436 e. The first-order valence-corrected chi connectivity index (χ1v) is 11.9. The van der Waals surface area contributed by atoms with Crippen molar-refractivity contribution in [3.8, 4) is 5.75 Å². The molecule has 1 aromatic rings. The number of nitrogens with zero attached hydrogens (tertiary/aromatic N) is 1. The predicted molar refractivity (Wildman–Crippen MR) is 101 cm³/mol. The number of rotatable bonds is 4. The molecule has 1 unspecified atom stereocenters. The van der Waals surface area contributed by atoms with Crippen LogP contribution in [0.2, 0.25) is 0 Å². The van der Waals surface area contributed by atoms with E-state index in [0.717, 1.165) is 19.3 Å². The molecule has 4 atom stereocenters. The molecular formula is C16H20NO4PS2. The minimum atomic E-state index is -2.51. The van der Waals surface area contributed by atoms with Crippen molar-refractivity contribution in [2.75, 3.05) is 0 Å². The third kappa shape index (κ3) is 3.54. The first-order chi connectivity index (χ1) is 11.2. The molecular weight excluding hydrogens is 365 g/mol. The zero-order valence-corrected chi connectivity index (χ0v) is 16.2. The Bertz CT molecular complexity index is 723. The van der Waals surface area contributed by atoms with Gasteiger partial charge in [-0.1, -0.05) is 23.5 Å². The quantitative estimate of drug-likeness (QED) is 0.297. The van der Waals surface area contributed by atoms with Crippen LogP contribution < -0.4 is 4.52 Å². The van der Waals surface area contributed by atoms with Gasteiger partial charge in [-0.15, -0.1) is 0 Å². The molecule has 130 valence electrons. The number of benzene rings is 1. The predicted octanol–water partition coefficient (Wildman–Crippen LogP) is 5.47. The Balaban J connectivity index is 1.74. The van der Waals surface area contributed by atoms with Crippen molar-refractivity contribution in [3.63, 3.8) is 0 Å². The lowest BCUT2D eigenvalue weighted by molar-refractivity contribution is -0.384. The largest absolute Gasteiger partial charge is 0.436 e. The number of nitro benzene ring substituents is 1. The van der Waals surface area contributed by atoms with Gasteiger partial charge in [0.15, 0.2) is 0 Å². The average Bonchev–Trinajstić information content (AvgIpc) is 2.76. The summed E-state index contributed by atoms with van der Waals surface area (Å²) in [5, 5.41) is 11.0. The van der Waals surface area contributed by atoms with Crippen LogP contribution in [0.5, 0.6) is 5.75 Å². The number of non-ortho nitro benzene ring substituents is 1. The highest BCUT2D eigenvalue weighted by Crippen LogP contribution is 2.74. The van der Waals surface area contributed by atoms with Crippen molar-refractivity contribution in [3.05, 3.63) is 46.5 Å². The summed E-state index contributed by atoms with van der Waals surface area (Å²) in [5.74, 6) is 1.04. The van der Waals surface area contributed by atoms with Crippen LogP contribution in [0, 0.1) is 16.0 Å². The molecule has 2 fully saturated rings. The highest BCUT2D eigenvalue weighted by atomic mass is 32.9. The Hall–Kier alpha value is -0.880. The second-order valence-electron chi connectivity index (χ2n) is 6.61. The molecule has 1 aliphatic heterocycles. The van der Waals surface area contributed by atoms with Gasteiger partial charge in [-0.05, 0) is 63.0 Å². The number of fused-ring (bicyclic) bond motifs is 1. The van der Waals surface area contributed by atoms with Crippen LogP contribution in [-0.2, 0) is 16.3 Å². The van der Waals surface area contributed by atoms with E-state index in [1.165, 1.54) is 17.7 Å². The van der Waals surface area contributed by atoms with E-state index in [0.29, 0.717) is 16.9 Å². The molecule has 0 bridgehead atoms. The van der Waals surface area contributed by atoms with Gasteiger partial charge in [0.1, 0.15) is 5.75 Å². The number of hydrogen-bond donors (Lipinski definition) is 0. The third-order valence-corrected chi connectivity index (χ3v) is 10.2. The van der Waals surface area contributed by atoms with Gasteiger partial charge in [0.25, 0.3) is 11.4 Å². The van der Waals surface area contributed by atoms with Crippen LogP contribution >= 0.6 is 17.1 Å². The molecule has 1 aliphatic carbocycles. The molecule has 8 heteroatoms. The summed E-state index contributed by atoms with van der Waals surface area (Å²) in [6.45, 7) is 8.29. The van der Waals surface area contributed by atoms with Gasteiger partial charge < -0.3 is 9.05 Å². The molecule has 0 radical (unpaired) electrons. The van der Waals surface area contributed by atoms with Crippen molar-refractivity contribution < 1.29 is 14.0 Å². The zero-order valence-electron chi connectivity index (χ0n) is 13.6. The normalized spacial score (nSPS) is 35.2. The Labute approximate surface area is 150 Å². The van der Waals surface area contributed by atoms with E-state index in [4.69, 9.17) is 20.9 Å². The van der Waals surface area contributed by atoms with Gasteiger partial charge in [0, 0.05) is 17.4 Å². The molecule has 0 N–H and O–H groups in total. The molecule has 5 nitrogen and oxygen atoms in total. The molecule has 24 heavy (non-hydrogen) atoms. The van der Waals surface area contributed by atoms with Crippen molar-refractivity contribution in [1.82, 2.24) is 0 Å². The monoisotopic (exact) mass is 385 g/mol. The van der Waals surface area contributed by atoms with Crippen molar-refractivity contribution >= 4 is 34.6 Å². The maximum Gasteiger partial charge on any atom is 0.298 e. The topological polar surface area (TPSA) is 61.6 Å². The lowest BCUT2D eigenvalue weighted by Crippen LogP contribution is -2.40. The summed E-state index contributed by atoms with van der Waals surface area (Å²) < 4.78 is 12.2. The summed E-state index contributed by atoms with van der Waals surface area (Å²) in [6.07, 6.45) is 3.03. The summed E-state index contributed by atoms with van der Waals surface area (Å²) in [4.78, 5) is 10.3. The molecule has 2 aliphatic rings. The Kier molecular flexibility index (Phi) is 4.82. The van der Waals surface area contributed by atoms with Gasteiger partial charge in [-0.3, -0.25) is 10.1 Å². The summed E-state index contributed by atoms with van der Waals surface area (Å²) in [7, 11) is 0.